The van der Waals surface area contributed by atoms with Crippen molar-refractivity contribution in [3.8, 4) is 0 Å². The SMILES string of the molecule is CS(=O)(=O)c1cccc(C[C@H](NC(=O)c2c(Cl)cc3c4c2ccn4CNC3)C(=O)OCc2ccccc2)c1. The Hall–Kier alpha value is -3.66. The number of nitrogens with zero attached hydrogens (tertiary/aromatic N) is 1. The molecule has 2 heterocycles. The van der Waals surface area contributed by atoms with Crippen LogP contribution in [0.4, 0.5) is 0 Å². The molecule has 38 heavy (non-hydrogen) atoms. The van der Waals surface area contributed by atoms with Gasteiger partial charge in [0.25, 0.3) is 5.91 Å². The highest BCUT2D eigenvalue weighted by Crippen LogP contribution is 2.32. The first-order valence-electron chi connectivity index (χ1n) is 12.0. The minimum Gasteiger partial charge on any atom is -0.459 e. The fourth-order valence-corrected chi connectivity index (χ4v) is 5.66. The van der Waals surface area contributed by atoms with Crippen LogP contribution < -0.4 is 10.6 Å². The lowest BCUT2D eigenvalue weighted by Gasteiger charge is -2.21. The summed E-state index contributed by atoms with van der Waals surface area (Å²) >= 11 is 6.57. The molecule has 0 bridgehead atoms. The average Bonchev–Trinajstić information content (AvgIpc) is 3.32. The molecule has 8 nitrogen and oxygen atoms in total. The second kappa shape index (κ2) is 10.6. The number of carbonyl (C=O) groups is 2. The molecule has 1 aromatic heterocycles. The van der Waals surface area contributed by atoms with Crippen LogP contribution in [-0.4, -0.2) is 37.2 Å². The number of ether oxygens (including phenoxy) is 1. The summed E-state index contributed by atoms with van der Waals surface area (Å²) in [5.41, 5.74) is 3.54. The van der Waals surface area contributed by atoms with Crippen LogP contribution in [0.5, 0.6) is 0 Å². The monoisotopic (exact) mass is 551 g/mol. The number of hydrogen-bond acceptors (Lipinski definition) is 6. The van der Waals surface area contributed by atoms with Gasteiger partial charge in [-0.2, -0.15) is 0 Å². The number of esters is 1. The van der Waals surface area contributed by atoms with Crippen molar-refractivity contribution in [3.05, 3.63) is 100 Å². The van der Waals surface area contributed by atoms with E-state index in [1.165, 1.54) is 12.1 Å². The predicted octanol–water partition coefficient (Wildman–Crippen LogP) is 3.84. The van der Waals surface area contributed by atoms with Gasteiger partial charge in [0.2, 0.25) is 0 Å². The van der Waals surface area contributed by atoms with Gasteiger partial charge in [-0.05, 0) is 41.0 Å². The molecule has 4 aromatic rings. The number of nitrogens with one attached hydrogen (secondary N) is 2. The zero-order valence-corrected chi connectivity index (χ0v) is 22.2. The van der Waals surface area contributed by atoms with E-state index >= 15 is 0 Å². The van der Waals surface area contributed by atoms with Crippen LogP contribution in [0.1, 0.15) is 27.0 Å². The van der Waals surface area contributed by atoms with Gasteiger partial charge in [-0.15, -0.1) is 0 Å². The first-order valence-corrected chi connectivity index (χ1v) is 14.3. The Morgan fingerprint density at radius 3 is 2.61 bits per heavy atom. The van der Waals surface area contributed by atoms with Crippen LogP contribution in [0.3, 0.4) is 0 Å². The molecule has 0 radical (unpaired) electrons. The van der Waals surface area contributed by atoms with Crippen molar-refractivity contribution in [1.29, 1.82) is 0 Å². The standard InChI is InChI=1S/C28H26ClN3O5S/c1-38(35,36)21-9-5-8-19(12-21)13-24(28(34)37-16-18-6-3-2-4-7-18)31-27(33)25-22-10-11-32-17-30-15-20(26(22)32)14-23(25)29/h2-12,14,24,30H,13,15-17H2,1H3,(H,31,33)/t24-/m0/s1. The van der Waals surface area contributed by atoms with Gasteiger partial charge in [-0.3, -0.25) is 10.1 Å². The molecule has 1 atom stereocenters. The number of benzene rings is 3. The highest BCUT2D eigenvalue weighted by atomic mass is 35.5. The van der Waals surface area contributed by atoms with Crippen molar-refractivity contribution in [2.24, 2.45) is 0 Å². The fourth-order valence-electron chi connectivity index (χ4n) is 4.65. The van der Waals surface area contributed by atoms with E-state index in [2.05, 4.69) is 10.6 Å². The molecule has 0 saturated carbocycles. The van der Waals surface area contributed by atoms with E-state index in [9.17, 15) is 18.0 Å². The summed E-state index contributed by atoms with van der Waals surface area (Å²) in [7, 11) is -3.45. The minimum absolute atomic E-state index is 0.0327. The van der Waals surface area contributed by atoms with Gasteiger partial charge in [-0.25, -0.2) is 13.2 Å². The lowest BCUT2D eigenvalue weighted by Crippen LogP contribution is -2.43. The van der Waals surface area contributed by atoms with E-state index in [0.29, 0.717) is 24.2 Å². The minimum atomic E-state index is -3.45. The molecule has 3 aromatic carbocycles. The third-order valence-corrected chi connectivity index (χ3v) is 7.89. The number of amides is 1. The van der Waals surface area contributed by atoms with Gasteiger partial charge in [0.1, 0.15) is 12.6 Å². The molecule has 2 N–H and O–H groups in total. The van der Waals surface area contributed by atoms with Crippen molar-refractivity contribution >= 4 is 44.2 Å². The van der Waals surface area contributed by atoms with Gasteiger partial charge in [0.15, 0.2) is 9.84 Å². The third-order valence-electron chi connectivity index (χ3n) is 6.48. The zero-order chi connectivity index (χ0) is 26.9. The summed E-state index contributed by atoms with van der Waals surface area (Å²) in [5, 5.41) is 7.06. The molecule has 1 amide bonds. The number of halogens is 1. The third kappa shape index (κ3) is 5.45. The maximum absolute atomic E-state index is 13.6. The summed E-state index contributed by atoms with van der Waals surface area (Å²) in [6, 6.07) is 18.0. The van der Waals surface area contributed by atoms with Gasteiger partial charge in [0, 0.05) is 30.8 Å². The smallest absolute Gasteiger partial charge is 0.329 e. The fraction of sp³-hybridized carbons (Fsp3) is 0.214. The average molecular weight is 552 g/mol. The first kappa shape index (κ1) is 26.0. The van der Waals surface area contributed by atoms with Gasteiger partial charge >= 0.3 is 5.97 Å². The molecule has 0 aliphatic carbocycles. The molecule has 0 spiro atoms. The van der Waals surface area contributed by atoms with Crippen molar-refractivity contribution in [1.82, 2.24) is 15.2 Å². The molecule has 0 unspecified atom stereocenters. The van der Waals surface area contributed by atoms with Crippen LogP contribution in [0.2, 0.25) is 5.02 Å². The second-order valence-electron chi connectivity index (χ2n) is 9.27. The van der Waals surface area contributed by atoms with Crippen LogP contribution >= 0.6 is 11.6 Å². The second-order valence-corrected chi connectivity index (χ2v) is 11.7. The number of hydrogen-bond donors (Lipinski definition) is 2. The van der Waals surface area contributed by atoms with E-state index in [1.807, 2.05) is 47.2 Å². The quantitative estimate of drug-likeness (QED) is 0.322. The topological polar surface area (TPSA) is 107 Å². The zero-order valence-electron chi connectivity index (χ0n) is 20.6. The summed E-state index contributed by atoms with van der Waals surface area (Å²) in [6.07, 6.45) is 3.04. The van der Waals surface area contributed by atoms with E-state index in [1.54, 1.807) is 18.2 Å². The summed E-state index contributed by atoms with van der Waals surface area (Å²) in [6.45, 7) is 1.28. The van der Waals surface area contributed by atoms with Crippen LogP contribution in [-0.2, 0) is 45.6 Å². The first-order chi connectivity index (χ1) is 18.2. The van der Waals surface area contributed by atoms with Crippen LogP contribution in [0.15, 0.2) is 77.8 Å². The Morgan fingerprint density at radius 1 is 1.08 bits per heavy atom. The lowest BCUT2D eigenvalue weighted by atomic mass is 10.0. The van der Waals surface area contributed by atoms with Gasteiger partial charge in [0.05, 0.1) is 27.7 Å². The number of carbonyl (C=O) groups excluding carboxylic acids is 2. The molecule has 1 aliphatic rings. The van der Waals surface area contributed by atoms with E-state index in [4.69, 9.17) is 16.3 Å². The Bertz CT molecular complexity index is 1630. The summed E-state index contributed by atoms with van der Waals surface area (Å²) < 4.78 is 31.7. The van der Waals surface area contributed by atoms with Crippen molar-refractivity contribution in [3.63, 3.8) is 0 Å². The van der Waals surface area contributed by atoms with Crippen LogP contribution in [0.25, 0.3) is 10.9 Å². The molecular formula is C28H26ClN3O5S. The highest BCUT2D eigenvalue weighted by molar-refractivity contribution is 7.90. The maximum atomic E-state index is 13.6. The van der Waals surface area contributed by atoms with E-state index in [-0.39, 0.29) is 28.5 Å². The highest BCUT2D eigenvalue weighted by Gasteiger charge is 2.28. The van der Waals surface area contributed by atoms with E-state index < -0.39 is 27.8 Å². The largest absolute Gasteiger partial charge is 0.459 e. The molecule has 10 heteroatoms. The van der Waals surface area contributed by atoms with E-state index in [0.717, 1.165) is 22.9 Å². The number of rotatable bonds is 8. The molecule has 0 fully saturated rings. The Balaban J connectivity index is 1.45. The Morgan fingerprint density at radius 2 is 1.84 bits per heavy atom. The summed E-state index contributed by atoms with van der Waals surface area (Å²) in [4.78, 5) is 26.9. The Labute approximate surface area is 225 Å². The maximum Gasteiger partial charge on any atom is 0.329 e. The number of sulfone groups is 1. The van der Waals surface area contributed by atoms with Gasteiger partial charge < -0.3 is 14.6 Å². The molecular weight excluding hydrogens is 526 g/mol. The number of aromatic nitrogens is 1. The molecule has 5 rings (SSSR count). The molecule has 196 valence electrons. The van der Waals surface area contributed by atoms with Crippen LogP contribution in [0, 0.1) is 0 Å². The van der Waals surface area contributed by atoms with Crippen molar-refractivity contribution in [2.45, 2.75) is 37.2 Å². The predicted molar refractivity (Wildman–Crippen MR) is 145 cm³/mol. The molecule has 0 saturated heterocycles. The Kier molecular flexibility index (Phi) is 7.25. The normalized spacial score (nSPS) is 13.7. The van der Waals surface area contributed by atoms with Crippen molar-refractivity contribution in [2.75, 3.05) is 6.26 Å². The van der Waals surface area contributed by atoms with Gasteiger partial charge in [-0.1, -0.05) is 54.1 Å². The van der Waals surface area contributed by atoms with Crippen molar-refractivity contribution < 1.29 is 22.7 Å². The summed E-state index contributed by atoms with van der Waals surface area (Å²) in [5.74, 6) is -1.16. The lowest BCUT2D eigenvalue weighted by molar-refractivity contribution is -0.147. The molecule has 1 aliphatic heterocycles.